The number of thioether (sulfide) groups is 1. The molecule has 0 saturated carbocycles. The molecule has 1 unspecified atom stereocenters. The first-order valence-electron chi connectivity index (χ1n) is 8.52. The first-order chi connectivity index (χ1) is 11.6. The van der Waals surface area contributed by atoms with E-state index in [1.54, 1.807) is 0 Å². The van der Waals surface area contributed by atoms with E-state index in [1.165, 1.54) is 5.56 Å². The van der Waals surface area contributed by atoms with Crippen LogP contribution in [0.5, 0.6) is 0 Å². The molecule has 0 aliphatic carbocycles. The molecule has 1 saturated heterocycles. The molecular formula is C18H28ClN3OS. The fourth-order valence-corrected chi connectivity index (χ4v) is 3.65. The van der Waals surface area contributed by atoms with Crippen molar-refractivity contribution in [3.63, 3.8) is 0 Å². The Kier molecular flexibility index (Phi) is 7.72. The largest absolute Gasteiger partial charge is 0.381 e. The SMILES string of the molecule is CCNC(=NCC1(SC)CCOCC1)NC(C)c1ccc(Cl)cc1. The van der Waals surface area contributed by atoms with Gasteiger partial charge in [0.25, 0.3) is 0 Å². The molecule has 0 amide bonds. The Balaban J connectivity index is 2.03. The lowest BCUT2D eigenvalue weighted by molar-refractivity contribution is 0.0794. The summed E-state index contributed by atoms with van der Waals surface area (Å²) in [4.78, 5) is 4.86. The van der Waals surface area contributed by atoms with E-state index in [2.05, 4.69) is 30.7 Å². The standard InChI is InChI=1S/C18H28ClN3OS/c1-4-20-17(21-13-18(24-3)9-11-23-12-10-18)22-14(2)15-5-7-16(19)8-6-15/h5-8,14H,4,9-13H2,1-3H3,(H2,20,21,22). The molecular weight excluding hydrogens is 342 g/mol. The maximum absolute atomic E-state index is 5.97. The van der Waals surface area contributed by atoms with Crippen molar-refractivity contribution >= 4 is 29.3 Å². The summed E-state index contributed by atoms with van der Waals surface area (Å²) in [6, 6.07) is 8.10. The lowest BCUT2D eigenvalue weighted by Crippen LogP contribution is -2.41. The highest BCUT2D eigenvalue weighted by Crippen LogP contribution is 2.34. The second-order valence-corrected chi connectivity index (χ2v) is 7.82. The number of nitrogens with zero attached hydrogens (tertiary/aromatic N) is 1. The maximum Gasteiger partial charge on any atom is 0.191 e. The van der Waals surface area contributed by atoms with E-state index in [4.69, 9.17) is 21.3 Å². The number of guanidine groups is 1. The van der Waals surface area contributed by atoms with Gasteiger partial charge in [-0.3, -0.25) is 4.99 Å². The van der Waals surface area contributed by atoms with Crippen LogP contribution in [0.25, 0.3) is 0 Å². The molecule has 2 rings (SSSR count). The minimum atomic E-state index is 0.167. The maximum atomic E-state index is 5.97. The van der Waals surface area contributed by atoms with Gasteiger partial charge in [-0.15, -0.1) is 0 Å². The van der Waals surface area contributed by atoms with E-state index in [0.717, 1.165) is 50.1 Å². The monoisotopic (exact) mass is 369 g/mol. The highest BCUT2D eigenvalue weighted by atomic mass is 35.5. The average molecular weight is 370 g/mol. The number of aliphatic imine (C=N–C) groups is 1. The van der Waals surface area contributed by atoms with Crippen molar-refractivity contribution in [2.45, 2.75) is 37.5 Å². The molecule has 0 radical (unpaired) electrons. The predicted octanol–water partition coefficient (Wildman–Crippen LogP) is 3.87. The van der Waals surface area contributed by atoms with Gasteiger partial charge in [0.1, 0.15) is 0 Å². The van der Waals surface area contributed by atoms with E-state index >= 15 is 0 Å². The van der Waals surface area contributed by atoms with Crippen LogP contribution in [0.3, 0.4) is 0 Å². The molecule has 1 aromatic carbocycles. The number of nitrogens with one attached hydrogen (secondary N) is 2. The summed E-state index contributed by atoms with van der Waals surface area (Å²) in [5, 5.41) is 7.60. The summed E-state index contributed by atoms with van der Waals surface area (Å²) in [7, 11) is 0. The van der Waals surface area contributed by atoms with Gasteiger partial charge in [0.2, 0.25) is 0 Å². The molecule has 2 N–H and O–H groups in total. The predicted molar refractivity (Wildman–Crippen MR) is 105 cm³/mol. The first kappa shape index (κ1) is 19.4. The minimum Gasteiger partial charge on any atom is -0.381 e. The number of benzene rings is 1. The highest BCUT2D eigenvalue weighted by Gasteiger charge is 2.31. The van der Waals surface area contributed by atoms with Crippen LogP contribution in [-0.4, -0.2) is 43.3 Å². The molecule has 1 heterocycles. The molecule has 6 heteroatoms. The zero-order chi connectivity index (χ0) is 17.4. The Hall–Kier alpha value is -0.910. The fraction of sp³-hybridized carbons (Fsp3) is 0.611. The van der Waals surface area contributed by atoms with Gasteiger partial charge in [-0.1, -0.05) is 23.7 Å². The van der Waals surface area contributed by atoms with Gasteiger partial charge >= 0.3 is 0 Å². The van der Waals surface area contributed by atoms with Crippen molar-refractivity contribution in [3.05, 3.63) is 34.9 Å². The lowest BCUT2D eigenvalue weighted by Gasteiger charge is -2.34. The van der Waals surface area contributed by atoms with Crippen LogP contribution >= 0.6 is 23.4 Å². The third-order valence-corrected chi connectivity index (χ3v) is 6.09. The van der Waals surface area contributed by atoms with E-state index in [1.807, 2.05) is 36.0 Å². The summed E-state index contributed by atoms with van der Waals surface area (Å²) in [5.41, 5.74) is 1.19. The zero-order valence-electron chi connectivity index (χ0n) is 14.8. The van der Waals surface area contributed by atoms with Crippen LogP contribution in [0.2, 0.25) is 5.02 Å². The number of ether oxygens (including phenoxy) is 1. The second kappa shape index (κ2) is 9.54. The zero-order valence-corrected chi connectivity index (χ0v) is 16.3. The molecule has 1 aromatic rings. The summed E-state index contributed by atoms with van der Waals surface area (Å²) in [6.07, 6.45) is 4.30. The van der Waals surface area contributed by atoms with Gasteiger partial charge in [-0.25, -0.2) is 0 Å². The highest BCUT2D eigenvalue weighted by molar-refractivity contribution is 8.00. The summed E-state index contributed by atoms with van der Waals surface area (Å²) >= 11 is 7.88. The van der Waals surface area contributed by atoms with E-state index < -0.39 is 0 Å². The van der Waals surface area contributed by atoms with Crippen molar-refractivity contribution in [2.75, 3.05) is 32.6 Å². The van der Waals surface area contributed by atoms with Crippen LogP contribution in [0.4, 0.5) is 0 Å². The summed E-state index contributed by atoms with van der Waals surface area (Å²) in [6.45, 7) is 7.54. The molecule has 4 nitrogen and oxygen atoms in total. The van der Waals surface area contributed by atoms with Crippen LogP contribution in [0.15, 0.2) is 29.3 Å². The molecule has 134 valence electrons. The number of halogens is 1. The third kappa shape index (κ3) is 5.57. The normalized spacial score (nSPS) is 18.9. The second-order valence-electron chi connectivity index (χ2n) is 6.11. The Morgan fingerprint density at radius 1 is 1.33 bits per heavy atom. The lowest BCUT2D eigenvalue weighted by atomic mass is 9.99. The average Bonchev–Trinajstić information content (AvgIpc) is 2.61. The molecule has 0 bridgehead atoms. The minimum absolute atomic E-state index is 0.167. The van der Waals surface area contributed by atoms with Crippen molar-refractivity contribution in [2.24, 2.45) is 4.99 Å². The van der Waals surface area contributed by atoms with Gasteiger partial charge in [0, 0.05) is 29.5 Å². The Bertz CT molecular complexity index is 530. The molecule has 1 fully saturated rings. The molecule has 24 heavy (non-hydrogen) atoms. The van der Waals surface area contributed by atoms with Gasteiger partial charge in [-0.2, -0.15) is 11.8 Å². The van der Waals surface area contributed by atoms with Crippen LogP contribution in [0, 0.1) is 0 Å². The van der Waals surface area contributed by atoms with Crippen molar-refractivity contribution < 1.29 is 4.74 Å². The van der Waals surface area contributed by atoms with Crippen molar-refractivity contribution in [1.82, 2.24) is 10.6 Å². The molecule has 1 aliphatic heterocycles. The topological polar surface area (TPSA) is 45.7 Å². The van der Waals surface area contributed by atoms with E-state index in [0.29, 0.717) is 0 Å². The molecule has 0 aromatic heterocycles. The van der Waals surface area contributed by atoms with Crippen LogP contribution < -0.4 is 10.6 Å². The van der Waals surface area contributed by atoms with Gasteiger partial charge in [0.15, 0.2) is 5.96 Å². The number of rotatable bonds is 6. The first-order valence-corrected chi connectivity index (χ1v) is 10.1. The summed E-state index contributed by atoms with van der Waals surface area (Å²) < 4.78 is 5.71. The molecule has 0 spiro atoms. The van der Waals surface area contributed by atoms with E-state index in [-0.39, 0.29) is 10.8 Å². The van der Waals surface area contributed by atoms with Gasteiger partial charge in [0.05, 0.1) is 12.6 Å². The molecule has 1 atom stereocenters. The number of hydrogen-bond acceptors (Lipinski definition) is 3. The Labute approximate surface area is 154 Å². The Morgan fingerprint density at radius 3 is 2.58 bits per heavy atom. The quantitative estimate of drug-likeness (QED) is 0.590. The number of hydrogen-bond donors (Lipinski definition) is 2. The summed E-state index contributed by atoms with van der Waals surface area (Å²) in [5.74, 6) is 0.861. The van der Waals surface area contributed by atoms with Crippen LogP contribution in [-0.2, 0) is 4.74 Å². The van der Waals surface area contributed by atoms with Gasteiger partial charge in [-0.05, 0) is 50.6 Å². The Morgan fingerprint density at radius 2 is 2.00 bits per heavy atom. The van der Waals surface area contributed by atoms with Gasteiger partial charge < -0.3 is 15.4 Å². The fourth-order valence-electron chi connectivity index (χ4n) is 2.75. The van der Waals surface area contributed by atoms with E-state index in [9.17, 15) is 0 Å². The van der Waals surface area contributed by atoms with Crippen LogP contribution in [0.1, 0.15) is 38.3 Å². The molecule has 1 aliphatic rings. The smallest absolute Gasteiger partial charge is 0.191 e. The van der Waals surface area contributed by atoms with Crippen molar-refractivity contribution in [1.29, 1.82) is 0 Å². The van der Waals surface area contributed by atoms with Crippen molar-refractivity contribution in [3.8, 4) is 0 Å². The third-order valence-electron chi connectivity index (χ3n) is 4.43.